The van der Waals surface area contributed by atoms with Crippen molar-refractivity contribution in [2.75, 3.05) is 5.32 Å². The first-order chi connectivity index (χ1) is 13.3. The zero-order valence-electron chi connectivity index (χ0n) is 14.5. The largest absolute Gasteiger partial charge is 0.322 e. The number of halogens is 5. The van der Waals surface area contributed by atoms with E-state index in [9.17, 15) is 22.4 Å². The number of amides is 1. The fourth-order valence-corrected chi connectivity index (χ4v) is 2.77. The molecule has 11 heteroatoms. The maximum absolute atomic E-state index is 13.8. The first-order valence-electron chi connectivity index (χ1n) is 8.15. The van der Waals surface area contributed by atoms with E-state index in [1.165, 1.54) is 29.5 Å². The SMILES string of the molecule is CCC(C(=O)Nc1cnn(Cc2c(F)cc(F)c(F)c2F)c1)n1cc(Cl)cn1. The summed E-state index contributed by atoms with van der Waals surface area (Å²) in [5, 5.41) is 10.9. The summed E-state index contributed by atoms with van der Waals surface area (Å²) >= 11 is 5.81. The van der Waals surface area contributed by atoms with E-state index in [1.54, 1.807) is 6.92 Å². The second-order valence-corrected chi connectivity index (χ2v) is 6.36. The molecule has 28 heavy (non-hydrogen) atoms. The second kappa shape index (κ2) is 8.01. The lowest BCUT2D eigenvalue weighted by Crippen LogP contribution is -2.25. The molecule has 3 rings (SSSR count). The highest BCUT2D eigenvalue weighted by Crippen LogP contribution is 2.21. The number of aromatic nitrogens is 4. The summed E-state index contributed by atoms with van der Waals surface area (Å²) in [5.74, 6) is -6.64. The van der Waals surface area contributed by atoms with Gasteiger partial charge in [-0.25, -0.2) is 17.6 Å². The Kier molecular flexibility index (Phi) is 5.68. The second-order valence-electron chi connectivity index (χ2n) is 5.93. The van der Waals surface area contributed by atoms with Gasteiger partial charge in [-0.1, -0.05) is 18.5 Å². The quantitative estimate of drug-likeness (QED) is 0.377. The average molecular weight is 416 g/mol. The lowest BCUT2D eigenvalue weighted by molar-refractivity contribution is -0.119. The summed E-state index contributed by atoms with van der Waals surface area (Å²) in [4.78, 5) is 12.4. The van der Waals surface area contributed by atoms with Gasteiger partial charge in [-0.05, 0) is 6.42 Å². The zero-order chi connectivity index (χ0) is 20.4. The minimum absolute atomic E-state index is 0.255. The Balaban J connectivity index is 1.74. The lowest BCUT2D eigenvalue weighted by Gasteiger charge is -2.14. The third kappa shape index (κ3) is 4.01. The van der Waals surface area contributed by atoms with Crippen LogP contribution in [0.15, 0.2) is 30.9 Å². The van der Waals surface area contributed by atoms with Crippen molar-refractivity contribution in [3.8, 4) is 0 Å². The number of carbonyl (C=O) groups excluding carboxylic acids is 1. The van der Waals surface area contributed by atoms with Crippen molar-refractivity contribution in [3.05, 3.63) is 64.7 Å². The third-order valence-electron chi connectivity index (χ3n) is 4.01. The predicted molar refractivity (Wildman–Crippen MR) is 92.8 cm³/mol. The number of hydrogen-bond acceptors (Lipinski definition) is 3. The van der Waals surface area contributed by atoms with E-state index in [0.29, 0.717) is 11.4 Å². The summed E-state index contributed by atoms with van der Waals surface area (Å²) in [6.07, 6.45) is 5.91. The number of nitrogens with zero attached hydrogens (tertiary/aromatic N) is 4. The molecule has 6 nitrogen and oxygen atoms in total. The summed E-state index contributed by atoms with van der Waals surface area (Å²) in [5.41, 5.74) is -0.428. The highest BCUT2D eigenvalue weighted by atomic mass is 35.5. The van der Waals surface area contributed by atoms with Gasteiger partial charge in [0.15, 0.2) is 17.5 Å². The molecular formula is C17H14ClF4N5O. The summed E-state index contributed by atoms with van der Waals surface area (Å²) in [6.45, 7) is 1.30. The molecule has 3 aromatic rings. The van der Waals surface area contributed by atoms with Crippen LogP contribution in [0.3, 0.4) is 0 Å². The van der Waals surface area contributed by atoms with Gasteiger partial charge in [0.2, 0.25) is 5.91 Å². The van der Waals surface area contributed by atoms with Crippen molar-refractivity contribution >= 4 is 23.2 Å². The van der Waals surface area contributed by atoms with E-state index in [-0.39, 0.29) is 11.8 Å². The standard InChI is InChI=1S/C17H14ClF4N5O/c1-2-14(27-6-9(18)4-24-27)17(28)25-10-5-23-26(7-10)8-11-12(19)3-13(20)16(22)15(11)21/h3-7,14H,2,8H2,1H3,(H,25,28). The number of hydrogen-bond donors (Lipinski definition) is 1. The maximum Gasteiger partial charge on any atom is 0.249 e. The van der Waals surface area contributed by atoms with Crippen molar-refractivity contribution < 1.29 is 22.4 Å². The molecule has 2 aromatic heterocycles. The third-order valence-corrected chi connectivity index (χ3v) is 4.20. The van der Waals surface area contributed by atoms with E-state index in [1.807, 2.05) is 0 Å². The van der Waals surface area contributed by atoms with E-state index in [0.717, 1.165) is 4.68 Å². The molecule has 0 spiro atoms. The number of benzene rings is 1. The van der Waals surface area contributed by atoms with Crippen LogP contribution in [0, 0.1) is 23.3 Å². The Labute approximate surface area is 161 Å². The molecule has 2 heterocycles. The van der Waals surface area contributed by atoms with E-state index in [2.05, 4.69) is 15.5 Å². The number of anilines is 1. The van der Waals surface area contributed by atoms with Crippen molar-refractivity contribution in [2.45, 2.75) is 25.9 Å². The van der Waals surface area contributed by atoms with Gasteiger partial charge in [0.05, 0.1) is 29.6 Å². The molecule has 1 N–H and O–H groups in total. The Hall–Kier alpha value is -2.88. The maximum atomic E-state index is 13.8. The monoisotopic (exact) mass is 415 g/mol. The van der Waals surface area contributed by atoms with Crippen LogP contribution in [0.25, 0.3) is 0 Å². The smallest absolute Gasteiger partial charge is 0.249 e. The Morgan fingerprint density at radius 1 is 1.14 bits per heavy atom. The van der Waals surface area contributed by atoms with Crippen molar-refractivity contribution in [3.63, 3.8) is 0 Å². The van der Waals surface area contributed by atoms with Crippen molar-refractivity contribution in [1.29, 1.82) is 0 Å². The molecule has 1 atom stereocenters. The molecule has 1 aromatic carbocycles. The lowest BCUT2D eigenvalue weighted by atomic mass is 10.2. The Morgan fingerprint density at radius 3 is 2.54 bits per heavy atom. The zero-order valence-corrected chi connectivity index (χ0v) is 15.2. The van der Waals surface area contributed by atoms with Gasteiger partial charge >= 0.3 is 0 Å². The fourth-order valence-electron chi connectivity index (χ4n) is 2.63. The summed E-state index contributed by atoms with van der Waals surface area (Å²) < 4.78 is 56.4. The number of rotatable bonds is 6. The van der Waals surface area contributed by atoms with Crippen LogP contribution in [-0.2, 0) is 11.3 Å². The molecule has 0 bridgehead atoms. The minimum Gasteiger partial charge on any atom is -0.322 e. The normalized spacial score (nSPS) is 12.2. The highest BCUT2D eigenvalue weighted by Gasteiger charge is 2.21. The van der Waals surface area contributed by atoms with Crippen LogP contribution in [0.5, 0.6) is 0 Å². The van der Waals surface area contributed by atoms with Gasteiger partial charge in [0.25, 0.3) is 0 Å². The molecule has 0 aliphatic carbocycles. The van der Waals surface area contributed by atoms with Crippen LogP contribution < -0.4 is 5.32 Å². The van der Waals surface area contributed by atoms with Crippen LogP contribution in [-0.4, -0.2) is 25.5 Å². The van der Waals surface area contributed by atoms with Crippen LogP contribution in [0.1, 0.15) is 24.9 Å². The average Bonchev–Trinajstić information content (AvgIpc) is 3.26. The molecular weight excluding hydrogens is 402 g/mol. The van der Waals surface area contributed by atoms with Crippen LogP contribution in [0.4, 0.5) is 23.2 Å². The van der Waals surface area contributed by atoms with E-state index in [4.69, 9.17) is 11.6 Å². The van der Waals surface area contributed by atoms with Gasteiger partial charge in [0, 0.05) is 24.0 Å². The first-order valence-corrected chi connectivity index (χ1v) is 8.52. The molecule has 0 radical (unpaired) electrons. The molecule has 0 aliphatic rings. The highest BCUT2D eigenvalue weighted by molar-refractivity contribution is 6.30. The fraction of sp³-hybridized carbons (Fsp3) is 0.235. The first kappa shape index (κ1) is 19.9. The van der Waals surface area contributed by atoms with Crippen LogP contribution >= 0.6 is 11.6 Å². The molecule has 0 saturated heterocycles. The molecule has 148 valence electrons. The van der Waals surface area contributed by atoms with Crippen LogP contribution in [0.2, 0.25) is 5.02 Å². The molecule has 0 fully saturated rings. The molecule has 0 saturated carbocycles. The Bertz CT molecular complexity index is 1020. The van der Waals surface area contributed by atoms with Gasteiger partial charge < -0.3 is 5.32 Å². The van der Waals surface area contributed by atoms with E-state index >= 15 is 0 Å². The van der Waals surface area contributed by atoms with Gasteiger partial charge in [-0.2, -0.15) is 10.2 Å². The number of nitrogens with one attached hydrogen (secondary N) is 1. The van der Waals surface area contributed by atoms with E-state index < -0.39 is 47.3 Å². The summed E-state index contributed by atoms with van der Waals surface area (Å²) in [6, 6.07) is -0.363. The molecule has 1 unspecified atom stereocenters. The van der Waals surface area contributed by atoms with Crippen molar-refractivity contribution in [1.82, 2.24) is 19.6 Å². The van der Waals surface area contributed by atoms with Gasteiger partial charge in [0.1, 0.15) is 11.9 Å². The summed E-state index contributed by atoms with van der Waals surface area (Å²) in [7, 11) is 0. The van der Waals surface area contributed by atoms with Gasteiger partial charge in [-0.3, -0.25) is 14.2 Å². The van der Waals surface area contributed by atoms with Gasteiger partial charge in [-0.15, -0.1) is 0 Å². The topological polar surface area (TPSA) is 64.7 Å². The molecule has 1 amide bonds. The molecule has 0 aliphatic heterocycles. The Morgan fingerprint density at radius 2 is 1.89 bits per heavy atom. The predicted octanol–water partition coefficient (Wildman–Crippen LogP) is 3.93. The number of carbonyl (C=O) groups is 1. The van der Waals surface area contributed by atoms with Crippen molar-refractivity contribution in [2.24, 2.45) is 0 Å². The minimum atomic E-state index is -1.76.